The van der Waals surface area contributed by atoms with Crippen LogP contribution >= 0.6 is 0 Å². The van der Waals surface area contributed by atoms with E-state index in [2.05, 4.69) is 15.9 Å². The van der Waals surface area contributed by atoms with Crippen molar-refractivity contribution < 1.29 is 37.0 Å². The second-order valence-electron chi connectivity index (χ2n) is 7.92. The maximum atomic E-state index is 12.8. The summed E-state index contributed by atoms with van der Waals surface area (Å²) in [6.07, 6.45) is -1.11. The number of ether oxygens (including phenoxy) is 1. The highest BCUT2D eigenvalue weighted by molar-refractivity contribution is 5.79. The van der Waals surface area contributed by atoms with E-state index in [0.29, 0.717) is 18.0 Å². The van der Waals surface area contributed by atoms with E-state index < -0.39 is 12.1 Å². The van der Waals surface area contributed by atoms with Crippen LogP contribution in [0.1, 0.15) is 37.2 Å². The van der Waals surface area contributed by atoms with Crippen LogP contribution < -0.4 is 0 Å². The molecule has 10 heteroatoms. The van der Waals surface area contributed by atoms with E-state index in [4.69, 9.17) is 19.1 Å². The van der Waals surface area contributed by atoms with Gasteiger partial charge in [-0.2, -0.15) is 13.2 Å². The van der Waals surface area contributed by atoms with Gasteiger partial charge in [0.2, 0.25) is 5.91 Å². The third kappa shape index (κ3) is 5.34. The fourth-order valence-corrected chi connectivity index (χ4v) is 4.49. The first-order valence-corrected chi connectivity index (χ1v) is 10.1. The van der Waals surface area contributed by atoms with E-state index in [0.717, 1.165) is 70.1 Å². The lowest BCUT2D eigenvalue weighted by molar-refractivity contribution is -0.192. The van der Waals surface area contributed by atoms with Crippen LogP contribution in [0.25, 0.3) is 0 Å². The molecule has 0 aromatic carbocycles. The highest BCUT2D eigenvalue weighted by atomic mass is 19.4. The molecule has 3 aliphatic rings. The Morgan fingerprint density at radius 1 is 1.10 bits per heavy atom. The number of likely N-dealkylation sites (tertiary alicyclic amines) is 2. The Labute approximate surface area is 172 Å². The molecule has 3 aliphatic heterocycles. The number of carboxylic acids is 1. The van der Waals surface area contributed by atoms with Crippen molar-refractivity contribution in [3.63, 3.8) is 0 Å². The summed E-state index contributed by atoms with van der Waals surface area (Å²) in [5.41, 5.74) is 0. The number of furan rings is 1. The van der Waals surface area contributed by atoms with E-state index in [1.54, 1.807) is 0 Å². The van der Waals surface area contributed by atoms with Gasteiger partial charge in [-0.1, -0.05) is 0 Å². The molecule has 1 aromatic rings. The summed E-state index contributed by atoms with van der Waals surface area (Å²) in [5.74, 6) is -0.191. The second kappa shape index (κ2) is 9.38. The predicted octanol–water partition coefficient (Wildman–Crippen LogP) is 2.82. The number of carbonyl (C=O) groups excluding carboxylic acids is 1. The van der Waals surface area contributed by atoms with E-state index in [1.165, 1.54) is 0 Å². The zero-order valence-electron chi connectivity index (χ0n) is 16.9. The third-order valence-corrected chi connectivity index (χ3v) is 5.94. The monoisotopic (exact) mass is 432 g/mol. The summed E-state index contributed by atoms with van der Waals surface area (Å²) in [5, 5.41) is 7.12. The molecular weight excluding hydrogens is 405 g/mol. The van der Waals surface area contributed by atoms with Gasteiger partial charge in [-0.05, 0) is 44.7 Å². The van der Waals surface area contributed by atoms with Crippen LogP contribution in [0.15, 0.2) is 16.5 Å². The van der Waals surface area contributed by atoms with Gasteiger partial charge in [0, 0.05) is 44.3 Å². The van der Waals surface area contributed by atoms with Crippen molar-refractivity contribution in [1.29, 1.82) is 0 Å². The normalized spacial score (nSPS) is 25.0. The first-order valence-electron chi connectivity index (χ1n) is 10.1. The van der Waals surface area contributed by atoms with Crippen molar-refractivity contribution in [2.75, 3.05) is 26.3 Å². The molecule has 2 atom stereocenters. The maximum absolute atomic E-state index is 12.8. The summed E-state index contributed by atoms with van der Waals surface area (Å²) >= 11 is 0. The molecule has 3 saturated heterocycles. The largest absolute Gasteiger partial charge is 0.490 e. The van der Waals surface area contributed by atoms with Crippen molar-refractivity contribution in [2.24, 2.45) is 5.92 Å². The van der Waals surface area contributed by atoms with Crippen molar-refractivity contribution in [3.8, 4) is 0 Å². The van der Waals surface area contributed by atoms with E-state index in [1.807, 2.05) is 13.0 Å². The number of carboxylic acid groups (broad SMARTS) is 1. The van der Waals surface area contributed by atoms with Gasteiger partial charge < -0.3 is 19.2 Å². The standard InChI is InChI=1S/C18H26N2O3.C2HF3O2/c1-13-2-3-15(23-13)12-19-8-4-17-16(19)5-9-20(17)18(21)14-6-10-22-11-7-14;3-2(4,5)1(6)7/h2-3,14,16-17H,4-12H2,1H3;(H,6,7)/t16-,17+;/m0./s1. The van der Waals surface area contributed by atoms with Gasteiger partial charge in [0.05, 0.1) is 6.54 Å². The van der Waals surface area contributed by atoms with Gasteiger partial charge >= 0.3 is 12.1 Å². The minimum atomic E-state index is -5.08. The Balaban J connectivity index is 0.000000318. The van der Waals surface area contributed by atoms with Crippen LogP contribution in [0.5, 0.6) is 0 Å². The first-order chi connectivity index (χ1) is 14.2. The molecule has 0 saturated carbocycles. The molecule has 0 spiro atoms. The molecule has 1 aromatic heterocycles. The van der Waals surface area contributed by atoms with Gasteiger partial charge in [-0.3, -0.25) is 9.69 Å². The lowest BCUT2D eigenvalue weighted by Crippen LogP contribution is -2.43. The molecule has 0 radical (unpaired) electrons. The number of halogens is 3. The minimum absolute atomic E-state index is 0.185. The lowest BCUT2D eigenvalue weighted by atomic mass is 9.98. The van der Waals surface area contributed by atoms with Crippen molar-refractivity contribution in [3.05, 3.63) is 23.7 Å². The van der Waals surface area contributed by atoms with E-state index in [9.17, 15) is 18.0 Å². The van der Waals surface area contributed by atoms with Gasteiger partial charge in [-0.15, -0.1) is 0 Å². The fraction of sp³-hybridized carbons (Fsp3) is 0.700. The summed E-state index contributed by atoms with van der Waals surface area (Å²) in [7, 11) is 0. The Morgan fingerprint density at radius 3 is 2.30 bits per heavy atom. The van der Waals surface area contributed by atoms with E-state index >= 15 is 0 Å². The predicted molar refractivity (Wildman–Crippen MR) is 99.6 cm³/mol. The Morgan fingerprint density at radius 2 is 1.73 bits per heavy atom. The number of hydrogen-bond acceptors (Lipinski definition) is 5. The summed E-state index contributed by atoms with van der Waals surface area (Å²) in [4.78, 5) is 26.4. The molecule has 168 valence electrons. The minimum Gasteiger partial charge on any atom is -0.475 e. The molecule has 3 fully saturated rings. The lowest BCUT2D eigenvalue weighted by Gasteiger charge is -2.30. The molecule has 7 nitrogen and oxygen atoms in total. The number of aliphatic carboxylic acids is 1. The third-order valence-electron chi connectivity index (χ3n) is 5.94. The number of alkyl halides is 3. The molecule has 0 bridgehead atoms. The highest BCUT2D eigenvalue weighted by Gasteiger charge is 2.45. The molecule has 30 heavy (non-hydrogen) atoms. The summed E-state index contributed by atoms with van der Waals surface area (Å²) in [6.45, 7) is 6.31. The zero-order valence-corrected chi connectivity index (χ0v) is 16.9. The number of nitrogens with zero attached hydrogens (tertiary/aromatic N) is 2. The topological polar surface area (TPSA) is 83.2 Å². The van der Waals surface area contributed by atoms with Gasteiger partial charge in [0.25, 0.3) is 0 Å². The van der Waals surface area contributed by atoms with Crippen molar-refractivity contribution in [1.82, 2.24) is 9.80 Å². The fourth-order valence-electron chi connectivity index (χ4n) is 4.49. The molecule has 0 unspecified atom stereocenters. The Kier molecular flexibility index (Phi) is 7.07. The van der Waals surface area contributed by atoms with Crippen LogP contribution in [0.2, 0.25) is 0 Å². The SMILES string of the molecule is Cc1ccc(CN2CC[C@@H]3[C@@H]2CCN3C(=O)C2CCOCC2)o1.O=C(O)C(F)(F)F. The maximum Gasteiger partial charge on any atom is 0.490 e. The molecule has 4 heterocycles. The Bertz CT molecular complexity index is 745. The average Bonchev–Trinajstić information content (AvgIpc) is 3.40. The summed E-state index contributed by atoms with van der Waals surface area (Å²) in [6, 6.07) is 5.01. The Hall–Kier alpha value is -2.07. The van der Waals surface area contributed by atoms with Crippen LogP contribution in [0, 0.1) is 12.8 Å². The number of fused-ring (bicyclic) bond motifs is 1. The second-order valence-corrected chi connectivity index (χ2v) is 7.92. The van der Waals surface area contributed by atoms with Crippen LogP contribution in [-0.2, 0) is 20.9 Å². The smallest absolute Gasteiger partial charge is 0.475 e. The average molecular weight is 432 g/mol. The number of rotatable bonds is 3. The highest BCUT2D eigenvalue weighted by Crippen LogP contribution is 2.34. The number of amides is 1. The molecule has 4 rings (SSSR count). The number of hydrogen-bond donors (Lipinski definition) is 1. The van der Waals surface area contributed by atoms with Crippen LogP contribution in [-0.4, -0.2) is 71.3 Å². The molecule has 0 aliphatic carbocycles. The zero-order chi connectivity index (χ0) is 21.9. The summed E-state index contributed by atoms with van der Waals surface area (Å²) < 4.78 is 42.9. The van der Waals surface area contributed by atoms with Crippen molar-refractivity contribution in [2.45, 2.75) is 57.4 Å². The van der Waals surface area contributed by atoms with E-state index in [-0.39, 0.29) is 5.92 Å². The van der Waals surface area contributed by atoms with Crippen LogP contribution in [0.3, 0.4) is 0 Å². The first kappa shape index (κ1) is 22.6. The van der Waals surface area contributed by atoms with Crippen molar-refractivity contribution >= 4 is 11.9 Å². The quantitative estimate of drug-likeness (QED) is 0.791. The number of carbonyl (C=O) groups is 2. The molecule has 1 N–H and O–H groups in total. The number of aryl methyl sites for hydroxylation is 1. The van der Waals surface area contributed by atoms with Gasteiger partial charge in [-0.25, -0.2) is 4.79 Å². The van der Waals surface area contributed by atoms with Gasteiger partial charge in [0.15, 0.2) is 0 Å². The molecular formula is C20H27F3N2O5. The van der Waals surface area contributed by atoms with Gasteiger partial charge in [0.1, 0.15) is 11.5 Å². The van der Waals surface area contributed by atoms with Crippen LogP contribution in [0.4, 0.5) is 13.2 Å². The molecule has 1 amide bonds.